The SMILES string of the molecule is O=C(NCc1ccco1)[C@@H](C1CCCC1)N1CCN(C(=O)c2cccc([N+](=O)[O-])c2)CC1. The van der Waals surface area contributed by atoms with Gasteiger partial charge < -0.3 is 14.6 Å². The first-order valence-electron chi connectivity index (χ1n) is 11.1. The summed E-state index contributed by atoms with van der Waals surface area (Å²) in [4.78, 5) is 40.4. The lowest BCUT2D eigenvalue weighted by molar-refractivity contribution is -0.384. The number of benzene rings is 1. The van der Waals surface area contributed by atoms with Crippen molar-refractivity contribution in [1.29, 1.82) is 0 Å². The Morgan fingerprint density at radius 2 is 1.88 bits per heavy atom. The number of amides is 2. The van der Waals surface area contributed by atoms with E-state index in [0.29, 0.717) is 44.2 Å². The minimum atomic E-state index is -0.498. The fourth-order valence-corrected chi connectivity index (χ4v) is 4.78. The lowest BCUT2D eigenvalue weighted by Gasteiger charge is -2.40. The van der Waals surface area contributed by atoms with Gasteiger partial charge in [0, 0.05) is 43.9 Å². The van der Waals surface area contributed by atoms with Gasteiger partial charge in [0.15, 0.2) is 0 Å². The van der Waals surface area contributed by atoms with Crippen LogP contribution in [0.1, 0.15) is 41.8 Å². The van der Waals surface area contributed by atoms with Crippen molar-refractivity contribution in [1.82, 2.24) is 15.1 Å². The van der Waals surface area contributed by atoms with E-state index in [4.69, 9.17) is 4.42 Å². The molecule has 32 heavy (non-hydrogen) atoms. The summed E-state index contributed by atoms with van der Waals surface area (Å²) in [5, 5.41) is 14.0. The van der Waals surface area contributed by atoms with Crippen molar-refractivity contribution in [2.45, 2.75) is 38.3 Å². The molecule has 1 saturated carbocycles. The van der Waals surface area contributed by atoms with Gasteiger partial charge in [0.2, 0.25) is 5.91 Å². The molecule has 0 radical (unpaired) electrons. The summed E-state index contributed by atoms with van der Waals surface area (Å²) in [5.41, 5.74) is 0.222. The van der Waals surface area contributed by atoms with Crippen LogP contribution in [0.5, 0.6) is 0 Å². The molecular weight excluding hydrogens is 412 g/mol. The number of piperazine rings is 1. The number of carbonyl (C=O) groups excluding carboxylic acids is 2. The zero-order valence-electron chi connectivity index (χ0n) is 17.9. The van der Waals surface area contributed by atoms with Crippen LogP contribution in [0.4, 0.5) is 5.69 Å². The van der Waals surface area contributed by atoms with Crippen LogP contribution in [0.15, 0.2) is 47.1 Å². The van der Waals surface area contributed by atoms with E-state index in [2.05, 4.69) is 10.2 Å². The molecule has 2 fully saturated rings. The molecule has 1 aliphatic carbocycles. The third kappa shape index (κ3) is 4.99. The van der Waals surface area contributed by atoms with Crippen LogP contribution in [-0.4, -0.2) is 58.8 Å². The summed E-state index contributed by atoms with van der Waals surface area (Å²) in [6, 6.07) is 9.24. The van der Waals surface area contributed by atoms with Crippen molar-refractivity contribution in [2.24, 2.45) is 5.92 Å². The van der Waals surface area contributed by atoms with Crippen molar-refractivity contribution in [3.05, 3.63) is 64.1 Å². The third-order valence-electron chi connectivity index (χ3n) is 6.43. The smallest absolute Gasteiger partial charge is 0.270 e. The van der Waals surface area contributed by atoms with E-state index in [1.807, 2.05) is 6.07 Å². The second-order valence-corrected chi connectivity index (χ2v) is 8.42. The number of nitrogens with one attached hydrogen (secondary N) is 1. The first-order valence-corrected chi connectivity index (χ1v) is 11.1. The molecule has 2 heterocycles. The van der Waals surface area contributed by atoms with E-state index in [0.717, 1.165) is 31.4 Å². The van der Waals surface area contributed by atoms with Crippen LogP contribution in [0.3, 0.4) is 0 Å². The Balaban J connectivity index is 1.39. The maximum Gasteiger partial charge on any atom is 0.270 e. The number of nitro benzene ring substituents is 1. The average Bonchev–Trinajstić information content (AvgIpc) is 3.53. The molecule has 0 bridgehead atoms. The maximum atomic E-state index is 13.1. The zero-order chi connectivity index (χ0) is 22.5. The average molecular weight is 441 g/mol. The van der Waals surface area contributed by atoms with E-state index in [-0.39, 0.29) is 23.5 Å². The highest BCUT2D eigenvalue weighted by Gasteiger charge is 2.37. The summed E-state index contributed by atoms with van der Waals surface area (Å²) >= 11 is 0. The molecule has 1 aromatic carbocycles. The van der Waals surface area contributed by atoms with Gasteiger partial charge in [0.05, 0.1) is 23.8 Å². The van der Waals surface area contributed by atoms with Crippen LogP contribution in [0, 0.1) is 16.0 Å². The number of hydrogen-bond donors (Lipinski definition) is 1. The van der Waals surface area contributed by atoms with Gasteiger partial charge in [-0.3, -0.25) is 24.6 Å². The van der Waals surface area contributed by atoms with Gasteiger partial charge in [-0.25, -0.2) is 0 Å². The van der Waals surface area contributed by atoms with Crippen LogP contribution >= 0.6 is 0 Å². The molecule has 2 aliphatic rings. The number of furan rings is 1. The van der Waals surface area contributed by atoms with Gasteiger partial charge >= 0.3 is 0 Å². The first kappa shape index (κ1) is 22.0. The Morgan fingerprint density at radius 1 is 1.12 bits per heavy atom. The fourth-order valence-electron chi connectivity index (χ4n) is 4.78. The predicted molar refractivity (Wildman–Crippen MR) is 117 cm³/mol. The van der Waals surface area contributed by atoms with E-state index in [9.17, 15) is 19.7 Å². The summed E-state index contributed by atoms with van der Waals surface area (Å²) in [6.07, 6.45) is 5.93. The Hall–Kier alpha value is -3.20. The molecule has 170 valence electrons. The van der Waals surface area contributed by atoms with Gasteiger partial charge in [0.25, 0.3) is 11.6 Å². The van der Waals surface area contributed by atoms with E-state index < -0.39 is 4.92 Å². The number of carbonyl (C=O) groups is 2. The Morgan fingerprint density at radius 3 is 2.53 bits per heavy atom. The van der Waals surface area contributed by atoms with Crippen molar-refractivity contribution >= 4 is 17.5 Å². The molecule has 2 aromatic rings. The minimum Gasteiger partial charge on any atom is -0.467 e. The first-order chi connectivity index (χ1) is 15.5. The normalized spacial score (nSPS) is 18.4. The molecule has 1 N–H and O–H groups in total. The van der Waals surface area contributed by atoms with E-state index >= 15 is 0 Å². The molecule has 1 atom stereocenters. The predicted octanol–water partition coefficient (Wildman–Crippen LogP) is 2.82. The molecule has 4 rings (SSSR count). The lowest BCUT2D eigenvalue weighted by atomic mass is 9.95. The molecule has 1 saturated heterocycles. The molecule has 2 amide bonds. The Kier molecular flexibility index (Phi) is 6.84. The summed E-state index contributed by atoms with van der Waals surface area (Å²) in [5.74, 6) is 0.821. The highest BCUT2D eigenvalue weighted by Crippen LogP contribution is 2.31. The molecule has 0 unspecified atom stereocenters. The largest absolute Gasteiger partial charge is 0.467 e. The maximum absolute atomic E-state index is 13.1. The number of hydrogen-bond acceptors (Lipinski definition) is 6. The molecule has 0 spiro atoms. The molecule has 9 heteroatoms. The highest BCUT2D eigenvalue weighted by atomic mass is 16.6. The molecular formula is C23H28N4O5. The minimum absolute atomic E-state index is 0.00626. The molecule has 9 nitrogen and oxygen atoms in total. The molecule has 1 aromatic heterocycles. The van der Waals surface area contributed by atoms with Crippen LogP contribution in [0.25, 0.3) is 0 Å². The van der Waals surface area contributed by atoms with Gasteiger partial charge in [0.1, 0.15) is 5.76 Å². The third-order valence-corrected chi connectivity index (χ3v) is 6.43. The standard InChI is InChI=1S/C23H28N4O5/c28-22(24-16-20-9-4-14-32-20)21(17-5-1-2-6-17)25-10-12-26(13-11-25)23(29)18-7-3-8-19(15-18)27(30)31/h3-4,7-9,14-15,17,21H,1-2,5-6,10-13,16H2,(H,24,28)/t21-/m1/s1. The fraction of sp³-hybridized carbons (Fsp3) is 0.478. The second-order valence-electron chi connectivity index (χ2n) is 8.42. The van der Waals surface area contributed by atoms with Gasteiger partial charge in [-0.15, -0.1) is 0 Å². The van der Waals surface area contributed by atoms with Crippen LogP contribution in [0.2, 0.25) is 0 Å². The van der Waals surface area contributed by atoms with Crippen LogP contribution in [-0.2, 0) is 11.3 Å². The number of rotatable bonds is 7. The summed E-state index contributed by atoms with van der Waals surface area (Å²) in [7, 11) is 0. The summed E-state index contributed by atoms with van der Waals surface area (Å²) in [6.45, 7) is 2.51. The lowest BCUT2D eigenvalue weighted by Crippen LogP contribution is -2.57. The number of non-ortho nitro benzene ring substituents is 1. The highest BCUT2D eigenvalue weighted by molar-refractivity contribution is 5.95. The molecule has 1 aliphatic heterocycles. The van der Waals surface area contributed by atoms with Gasteiger partial charge in [-0.05, 0) is 37.0 Å². The monoisotopic (exact) mass is 440 g/mol. The van der Waals surface area contributed by atoms with E-state index in [1.165, 1.54) is 18.2 Å². The van der Waals surface area contributed by atoms with Crippen molar-refractivity contribution in [3.63, 3.8) is 0 Å². The van der Waals surface area contributed by atoms with Gasteiger partial charge in [-0.1, -0.05) is 18.9 Å². The van der Waals surface area contributed by atoms with Crippen molar-refractivity contribution < 1.29 is 18.9 Å². The summed E-state index contributed by atoms with van der Waals surface area (Å²) < 4.78 is 5.33. The van der Waals surface area contributed by atoms with E-state index in [1.54, 1.807) is 23.3 Å². The second kappa shape index (κ2) is 9.95. The Bertz CT molecular complexity index is 947. The topological polar surface area (TPSA) is 109 Å². The zero-order valence-corrected chi connectivity index (χ0v) is 17.9. The quantitative estimate of drug-likeness (QED) is 0.524. The van der Waals surface area contributed by atoms with Gasteiger partial charge in [-0.2, -0.15) is 0 Å². The van der Waals surface area contributed by atoms with Crippen molar-refractivity contribution in [3.8, 4) is 0 Å². The number of nitro groups is 1. The van der Waals surface area contributed by atoms with Crippen LogP contribution < -0.4 is 5.32 Å². The Labute approximate surface area is 186 Å². The van der Waals surface area contributed by atoms with Crippen molar-refractivity contribution in [2.75, 3.05) is 26.2 Å². The number of nitrogens with zero attached hydrogens (tertiary/aromatic N) is 3.